The lowest BCUT2D eigenvalue weighted by atomic mass is 10.2. The lowest BCUT2D eigenvalue weighted by Gasteiger charge is -2.18. The Bertz CT molecular complexity index is 266. The minimum atomic E-state index is -1.16. The molecule has 7 nitrogen and oxygen atoms in total. The van der Waals surface area contributed by atoms with E-state index in [0.717, 1.165) is 4.90 Å². The summed E-state index contributed by atoms with van der Waals surface area (Å²) in [6.07, 6.45) is -0.468. The highest BCUT2D eigenvalue weighted by Crippen LogP contribution is 1.95. The van der Waals surface area contributed by atoms with Crippen LogP contribution in [-0.2, 0) is 19.1 Å². The van der Waals surface area contributed by atoms with Crippen molar-refractivity contribution in [1.29, 1.82) is 0 Å². The molecule has 0 aliphatic carbocycles. The van der Waals surface area contributed by atoms with Gasteiger partial charge in [-0.25, -0.2) is 0 Å². The molecule has 15 heavy (non-hydrogen) atoms. The van der Waals surface area contributed by atoms with Gasteiger partial charge < -0.3 is 20.5 Å². The monoisotopic (exact) mass is 218 g/mol. The first-order chi connectivity index (χ1) is 6.88. The van der Waals surface area contributed by atoms with Crippen LogP contribution in [0.4, 0.5) is 0 Å². The van der Waals surface area contributed by atoms with E-state index in [0.29, 0.717) is 0 Å². The van der Waals surface area contributed by atoms with Crippen LogP contribution >= 0.6 is 0 Å². The van der Waals surface area contributed by atoms with Gasteiger partial charge in [0.05, 0.1) is 19.6 Å². The summed E-state index contributed by atoms with van der Waals surface area (Å²) in [5, 5.41) is 8.40. The number of hydrogen-bond acceptors (Lipinski definition) is 5. The van der Waals surface area contributed by atoms with Crippen LogP contribution in [-0.4, -0.2) is 54.6 Å². The van der Waals surface area contributed by atoms with Crippen LogP contribution in [0.3, 0.4) is 0 Å². The smallest absolute Gasteiger partial charge is 0.325 e. The highest BCUT2D eigenvalue weighted by Gasteiger charge is 2.22. The second-order valence-corrected chi connectivity index (χ2v) is 2.97. The summed E-state index contributed by atoms with van der Waals surface area (Å²) in [7, 11) is 2.54. The number of carboxylic acids is 1. The summed E-state index contributed by atoms with van der Waals surface area (Å²) in [5.74, 6) is -2.36. The number of hydrogen-bond donors (Lipinski definition) is 2. The number of carbonyl (C=O) groups is 3. The zero-order valence-corrected chi connectivity index (χ0v) is 8.60. The molecule has 0 aliphatic rings. The molecule has 1 amide bonds. The van der Waals surface area contributed by atoms with E-state index in [1.807, 2.05) is 0 Å². The number of ether oxygens (including phenoxy) is 1. The van der Waals surface area contributed by atoms with Crippen molar-refractivity contribution in [3.8, 4) is 0 Å². The van der Waals surface area contributed by atoms with E-state index >= 15 is 0 Å². The summed E-state index contributed by atoms with van der Waals surface area (Å²) in [5.41, 5.74) is 5.31. The second kappa shape index (κ2) is 5.97. The SMILES string of the molecule is COC(=O)CN(C)C(=O)C(N)CC(=O)O. The van der Waals surface area contributed by atoms with E-state index in [1.165, 1.54) is 14.2 Å². The molecular formula is C8H14N2O5. The molecule has 0 saturated heterocycles. The third-order valence-corrected chi connectivity index (χ3v) is 1.68. The fraction of sp³-hybridized carbons (Fsp3) is 0.625. The number of esters is 1. The first kappa shape index (κ1) is 13.4. The predicted octanol–water partition coefficient (Wildman–Crippen LogP) is -1.58. The number of amides is 1. The second-order valence-electron chi connectivity index (χ2n) is 2.97. The average molecular weight is 218 g/mol. The van der Waals surface area contributed by atoms with E-state index in [4.69, 9.17) is 10.8 Å². The van der Waals surface area contributed by atoms with Crippen molar-refractivity contribution in [3.05, 3.63) is 0 Å². The number of rotatable bonds is 5. The molecule has 0 rings (SSSR count). The third kappa shape index (κ3) is 4.96. The molecule has 0 aromatic rings. The molecule has 0 fully saturated rings. The molecular weight excluding hydrogens is 204 g/mol. The topological polar surface area (TPSA) is 110 Å². The molecule has 7 heteroatoms. The average Bonchev–Trinajstić information content (AvgIpc) is 2.15. The van der Waals surface area contributed by atoms with Gasteiger partial charge in [0.1, 0.15) is 6.54 Å². The molecule has 3 N–H and O–H groups in total. The summed E-state index contributed by atoms with van der Waals surface area (Å²) in [6.45, 7) is -0.247. The summed E-state index contributed by atoms with van der Waals surface area (Å²) in [4.78, 5) is 33.5. The molecule has 0 bridgehead atoms. The van der Waals surface area contributed by atoms with Gasteiger partial charge in [-0.1, -0.05) is 0 Å². The first-order valence-corrected chi connectivity index (χ1v) is 4.17. The minimum absolute atomic E-state index is 0.247. The van der Waals surface area contributed by atoms with Crippen molar-refractivity contribution in [3.63, 3.8) is 0 Å². The third-order valence-electron chi connectivity index (χ3n) is 1.68. The van der Waals surface area contributed by atoms with Gasteiger partial charge in [0, 0.05) is 7.05 Å². The summed E-state index contributed by atoms with van der Waals surface area (Å²) < 4.78 is 4.34. The normalized spacial score (nSPS) is 11.7. The fourth-order valence-corrected chi connectivity index (χ4v) is 0.895. The number of nitrogens with two attached hydrogens (primary N) is 1. The highest BCUT2D eigenvalue weighted by molar-refractivity contribution is 5.88. The van der Waals surface area contributed by atoms with Crippen LogP contribution in [0, 0.1) is 0 Å². The molecule has 0 aromatic heterocycles. The molecule has 0 heterocycles. The molecule has 0 radical (unpaired) electrons. The molecule has 0 aliphatic heterocycles. The van der Waals surface area contributed by atoms with E-state index in [-0.39, 0.29) is 6.54 Å². The summed E-state index contributed by atoms with van der Waals surface area (Å²) >= 11 is 0. The maximum Gasteiger partial charge on any atom is 0.325 e. The van der Waals surface area contributed by atoms with Crippen molar-refractivity contribution in [2.45, 2.75) is 12.5 Å². The Kier molecular flexibility index (Phi) is 5.32. The Morgan fingerprint density at radius 2 is 2.00 bits per heavy atom. The standard InChI is InChI=1S/C8H14N2O5/c1-10(4-7(13)15-2)8(14)5(9)3-6(11)12/h5H,3-4,9H2,1-2H3,(H,11,12). The zero-order chi connectivity index (χ0) is 12.0. The van der Waals surface area contributed by atoms with Crippen LogP contribution in [0.15, 0.2) is 0 Å². The molecule has 0 spiro atoms. The largest absolute Gasteiger partial charge is 0.481 e. The summed E-state index contributed by atoms with van der Waals surface area (Å²) in [6, 6.07) is -1.14. The molecule has 1 atom stereocenters. The zero-order valence-electron chi connectivity index (χ0n) is 8.60. The molecule has 1 unspecified atom stereocenters. The Labute approximate surface area is 86.8 Å². The highest BCUT2D eigenvalue weighted by atomic mass is 16.5. The van der Waals surface area contributed by atoms with E-state index in [1.54, 1.807) is 0 Å². The van der Waals surface area contributed by atoms with Crippen LogP contribution < -0.4 is 5.73 Å². The Morgan fingerprint density at radius 3 is 2.40 bits per heavy atom. The van der Waals surface area contributed by atoms with Crippen molar-refractivity contribution in [2.75, 3.05) is 20.7 Å². The van der Waals surface area contributed by atoms with Crippen LogP contribution in [0.1, 0.15) is 6.42 Å². The fourth-order valence-electron chi connectivity index (χ4n) is 0.895. The van der Waals surface area contributed by atoms with Gasteiger partial charge in [-0.05, 0) is 0 Å². The Morgan fingerprint density at radius 1 is 1.47 bits per heavy atom. The minimum Gasteiger partial charge on any atom is -0.481 e. The molecule has 0 saturated carbocycles. The van der Waals surface area contributed by atoms with Gasteiger partial charge in [-0.15, -0.1) is 0 Å². The first-order valence-electron chi connectivity index (χ1n) is 4.17. The van der Waals surface area contributed by atoms with E-state index in [9.17, 15) is 14.4 Å². The van der Waals surface area contributed by atoms with Gasteiger partial charge in [-0.3, -0.25) is 14.4 Å². The quantitative estimate of drug-likeness (QED) is 0.539. The predicted molar refractivity (Wildman–Crippen MR) is 49.9 cm³/mol. The van der Waals surface area contributed by atoms with Gasteiger partial charge >= 0.3 is 11.9 Å². The van der Waals surface area contributed by atoms with Crippen molar-refractivity contribution in [1.82, 2.24) is 4.90 Å². The number of nitrogens with zero attached hydrogens (tertiary/aromatic N) is 1. The van der Waals surface area contributed by atoms with Crippen molar-refractivity contribution < 1.29 is 24.2 Å². The van der Waals surface area contributed by atoms with Crippen molar-refractivity contribution in [2.24, 2.45) is 5.73 Å². The van der Waals surface area contributed by atoms with Crippen LogP contribution in [0.5, 0.6) is 0 Å². The Hall–Kier alpha value is -1.63. The van der Waals surface area contributed by atoms with Crippen molar-refractivity contribution >= 4 is 17.8 Å². The number of methoxy groups -OCH3 is 1. The van der Waals surface area contributed by atoms with Crippen LogP contribution in [0.2, 0.25) is 0 Å². The molecule has 86 valence electrons. The maximum absolute atomic E-state index is 11.4. The van der Waals surface area contributed by atoms with Gasteiger partial charge in [0.2, 0.25) is 5.91 Å². The lowest BCUT2D eigenvalue weighted by Crippen LogP contribution is -2.44. The number of carboxylic acid groups (broad SMARTS) is 1. The number of likely N-dealkylation sites (N-methyl/N-ethyl adjacent to an activating group) is 1. The van der Waals surface area contributed by atoms with Gasteiger partial charge in [-0.2, -0.15) is 0 Å². The van der Waals surface area contributed by atoms with E-state index < -0.39 is 30.3 Å². The van der Waals surface area contributed by atoms with E-state index in [2.05, 4.69) is 4.74 Å². The number of carbonyl (C=O) groups excluding carboxylic acids is 2. The van der Waals surface area contributed by atoms with Gasteiger partial charge in [0.15, 0.2) is 0 Å². The Balaban J connectivity index is 4.19. The van der Waals surface area contributed by atoms with Gasteiger partial charge in [0.25, 0.3) is 0 Å². The maximum atomic E-state index is 11.4. The lowest BCUT2D eigenvalue weighted by molar-refractivity contribution is -0.147. The molecule has 0 aromatic carbocycles. The number of aliphatic carboxylic acids is 1. The van der Waals surface area contributed by atoms with Crippen LogP contribution in [0.25, 0.3) is 0 Å².